The summed E-state index contributed by atoms with van der Waals surface area (Å²) in [4.78, 5) is 16.6. The summed E-state index contributed by atoms with van der Waals surface area (Å²) in [5.41, 5.74) is -0.236. The van der Waals surface area contributed by atoms with Crippen LogP contribution >= 0.6 is 0 Å². The maximum atomic E-state index is 13.6. The third-order valence-corrected chi connectivity index (χ3v) is 7.54. The highest BCUT2D eigenvalue weighted by Crippen LogP contribution is 2.43. The third kappa shape index (κ3) is 7.02. The molecule has 1 aromatic carbocycles. The van der Waals surface area contributed by atoms with Gasteiger partial charge in [0, 0.05) is 45.0 Å². The van der Waals surface area contributed by atoms with Crippen LogP contribution in [0.15, 0.2) is 18.2 Å². The molecule has 220 valence electrons. The number of likely N-dealkylation sites (tertiary alicyclic amines) is 2. The van der Waals surface area contributed by atoms with Gasteiger partial charge in [-0.15, -0.1) is 0 Å². The Bertz CT molecular complexity index is 1000. The number of nitrogens with zero attached hydrogens (tertiary/aromatic N) is 3. The number of carbonyl (C=O) groups excluding carboxylic acids is 1. The number of benzene rings is 1. The van der Waals surface area contributed by atoms with E-state index in [4.69, 9.17) is 4.74 Å². The molecule has 39 heavy (non-hydrogen) atoms. The first kappa shape index (κ1) is 29.6. The van der Waals surface area contributed by atoms with Gasteiger partial charge in [0.05, 0.1) is 18.8 Å². The van der Waals surface area contributed by atoms with Crippen molar-refractivity contribution in [3.8, 4) is 0 Å². The van der Waals surface area contributed by atoms with E-state index in [0.29, 0.717) is 70.8 Å². The van der Waals surface area contributed by atoms with Gasteiger partial charge in [-0.05, 0) is 48.9 Å². The van der Waals surface area contributed by atoms with Crippen LogP contribution in [0.5, 0.6) is 0 Å². The normalized spacial score (nSPS) is 21.2. The topological polar surface area (TPSA) is 45.2 Å². The Labute approximate surface area is 218 Å². The van der Waals surface area contributed by atoms with Crippen LogP contribution in [0.1, 0.15) is 30.4 Å². The van der Waals surface area contributed by atoms with Gasteiger partial charge in [0.1, 0.15) is 0 Å². The van der Waals surface area contributed by atoms with E-state index in [1.165, 1.54) is 12.1 Å². The average molecular weight is 577 g/mol. The first-order valence-electron chi connectivity index (χ1n) is 12.4. The molecule has 1 amide bonds. The molecule has 0 saturated carbocycles. The van der Waals surface area contributed by atoms with Crippen molar-refractivity contribution >= 4 is 11.8 Å². The van der Waals surface area contributed by atoms with Crippen LogP contribution in [0.25, 0.3) is 0 Å². The fourth-order valence-corrected chi connectivity index (χ4v) is 5.47. The molecule has 1 aromatic rings. The fraction of sp³-hybridized carbons (Fsp3) is 0.708. The SMILES string of the molecule is O=C(OC(C(F)(F)F)C(F)(F)F)N1CCC2(CCN(Cc3ccc(C(F)(F)F)c(N4CCOCC4)c3)C2)CC1. The zero-order chi connectivity index (χ0) is 28.6. The van der Waals surface area contributed by atoms with Gasteiger partial charge in [-0.3, -0.25) is 4.90 Å². The van der Waals surface area contributed by atoms with E-state index >= 15 is 0 Å². The Kier molecular flexibility index (Phi) is 8.23. The lowest BCUT2D eigenvalue weighted by Gasteiger charge is -2.39. The minimum absolute atomic E-state index is 0.0590. The molecule has 15 heteroatoms. The van der Waals surface area contributed by atoms with E-state index in [0.717, 1.165) is 11.0 Å². The van der Waals surface area contributed by atoms with Gasteiger partial charge in [0.2, 0.25) is 0 Å². The molecule has 3 fully saturated rings. The van der Waals surface area contributed by atoms with Crippen LogP contribution < -0.4 is 4.90 Å². The lowest BCUT2D eigenvalue weighted by atomic mass is 9.78. The number of morpholine rings is 1. The molecule has 6 nitrogen and oxygen atoms in total. The summed E-state index contributed by atoms with van der Waals surface area (Å²) in [6.45, 7) is 2.74. The first-order chi connectivity index (χ1) is 18.1. The number of alkyl halides is 9. The van der Waals surface area contributed by atoms with Crippen molar-refractivity contribution in [3.63, 3.8) is 0 Å². The molecule has 3 aliphatic heterocycles. The summed E-state index contributed by atoms with van der Waals surface area (Å²) < 4.78 is 126. The number of carbonyl (C=O) groups is 1. The van der Waals surface area contributed by atoms with E-state index in [2.05, 4.69) is 9.64 Å². The van der Waals surface area contributed by atoms with E-state index in [9.17, 15) is 44.3 Å². The van der Waals surface area contributed by atoms with Crippen molar-refractivity contribution in [2.24, 2.45) is 5.41 Å². The maximum Gasteiger partial charge on any atom is 0.434 e. The van der Waals surface area contributed by atoms with Gasteiger partial charge >= 0.3 is 24.6 Å². The fourth-order valence-electron chi connectivity index (χ4n) is 5.47. The molecule has 0 N–H and O–H groups in total. The maximum absolute atomic E-state index is 13.6. The minimum Gasteiger partial charge on any atom is -0.426 e. The van der Waals surface area contributed by atoms with Gasteiger partial charge in [0.15, 0.2) is 0 Å². The molecule has 0 atom stereocenters. The van der Waals surface area contributed by atoms with Crippen molar-refractivity contribution in [1.29, 1.82) is 0 Å². The summed E-state index contributed by atoms with van der Waals surface area (Å²) >= 11 is 0. The van der Waals surface area contributed by atoms with Crippen LogP contribution in [-0.2, 0) is 22.2 Å². The largest absolute Gasteiger partial charge is 0.434 e. The van der Waals surface area contributed by atoms with Gasteiger partial charge in [-0.1, -0.05) is 6.07 Å². The van der Waals surface area contributed by atoms with Crippen LogP contribution in [0, 0.1) is 5.41 Å². The second-order valence-corrected chi connectivity index (χ2v) is 10.2. The highest BCUT2D eigenvalue weighted by molar-refractivity contribution is 5.68. The standard InChI is InChI=1S/C24H28F9N3O3/c25-22(26,27)17-2-1-16(13-18(17)35-9-11-38-12-10-35)14-34-6-3-21(15-34)4-7-36(8-5-21)20(37)39-19(23(28,29)30)24(31,32)33/h1-2,13,19H,3-12,14-15H2. The summed E-state index contributed by atoms with van der Waals surface area (Å²) in [6, 6.07) is 4.05. The molecule has 3 heterocycles. The number of hydrogen-bond donors (Lipinski definition) is 0. The number of piperidine rings is 1. The minimum atomic E-state index is -5.78. The second kappa shape index (κ2) is 10.9. The number of ether oxygens (including phenoxy) is 2. The predicted molar refractivity (Wildman–Crippen MR) is 120 cm³/mol. The number of amides is 1. The number of rotatable bonds is 4. The van der Waals surface area contributed by atoms with Gasteiger partial charge in [-0.25, -0.2) is 4.79 Å². The summed E-state index contributed by atoms with van der Waals surface area (Å²) in [6.07, 6.45) is -20.5. The van der Waals surface area contributed by atoms with Crippen LogP contribution in [-0.4, -0.2) is 86.8 Å². The zero-order valence-electron chi connectivity index (χ0n) is 20.8. The molecule has 3 saturated heterocycles. The van der Waals surface area contributed by atoms with Crippen molar-refractivity contribution in [3.05, 3.63) is 29.3 Å². The van der Waals surface area contributed by atoms with E-state index in [1.807, 2.05) is 0 Å². The highest BCUT2D eigenvalue weighted by atomic mass is 19.4. The zero-order valence-corrected chi connectivity index (χ0v) is 20.8. The average Bonchev–Trinajstić information content (AvgIpc) is 3.22. The summed E-state index contributed by atoms with van der Waals surface area (Å²) in [5, 5.41) is 0. The second-order valence-electron chi connectivity index (χ2n) is 10.2. The summed E-state index contributed by atoms with van der Waals surface area (Å²) in [5.74, 6) is 0. The number of halogens is 9. The molecule has 0 aliphatic carbocycles. The molecule has 3 aliphatic rings. The van der Waals surface area contributed by atoms with E-state index in [1.54, 1.807) is 4.90 Å². The molecule has 0 unspecified atom stereocenters. The third-order valence-electron chi connectivity index (χ3n) is 7.54. The molecular weight excluding hydrogens is 549 g/mol. The number of anilines is 1. The van der Waals surface area contributed by atoms with E-state index in [-0.39, 0.29) is 24.2 Å². The molecule has 0 radical (unpaired) electrons. The Morgan fingerprint density at radius 3 is 2.05 bits per heavy atom. The first-order valence-corrected chi connectivity index (χ1v) is 12.4. The quantitative estimate of drug-likeness (QED) is 0.445. The van der Waals surface area contributed by atoms with Gasteiger partial charge in [-0.2, -0.15) is 39.5 Å². The Morgan fingerprint density at radius 1 is 0.897 bits per heavy atom. The van der Waals surface area contributed by atoms with Crippen LogP contribution in [0.3, 0.4) is 0 Å². The lowest BCUT2D eigenvalue weighted by molar-refractivity contribution is -0.308. The van der Waals surface area contributed by atoms with Gasteiger partial charge < -0.3 is 19.3 Å². The van der Waals surface area contributed by atoms with Crippen molar-refractivity contribution < 1.29 is 53.8 Å². The molecule has 0 bridgehead atoms. The Hall–Kier alpha value is -2.42. The summed E-state index contributed by atoms with van der Waals surface area (Å²) in [7, 11) is 0. The lowest BCUT2D eigenvalue weighted by Crippen LogP contribution is -2.50. The highest BCUT2D eigenvalue weighted by Gasteiger charge is 2.60. The van der Waals surface area contributed by atoms with E-state index < -0.39 is 36.3 Å². The Morgan fingerprint density at radius 2 is 1.49 bits per heavy atom. The smallest absolute Gasteiger partial charge is 0.426 e. The molecule has 0 aromatic heterocycles. The van der Waals surface area contributed by atoms with Gasteiger partial charge in [0.25, 0.3) is 6.10 Å². The molecular formula is C24H28F9N3O3. The predicted octanol–water partition coefficient (Wildman–Crippen LogP) is 5.46. The van der Waals surface area contributed by atoms with Crippen molar-refractivity contribution in [1.82, 2.24) is 9.80 Å². The van der Waals surface area contributed by atoms with Crippen LogP contribution in [0.2, 0.25) is 0 Å². The monoisotopic (exact) mass is 577 g/mol. The van der Waals surface area contributed by atoms with Crippen LogP contribution in [0.4, 0.5) is 50.0 Å². The van der Waals surface area contributed by atoms with Crippen molar-refractivity contribution in [2.75, 3.05) is 57.4 Å². The van der Waals surface area contributed by atoms with Crippen molar-refractivity contribution in [2.45, 2.75) is 50.4 Å². The Balaban J connectivity index is 1.36. The molecule has 4 rings (SSSR count). The number of hydrogen-bond acceptors (Lipinski definition) is 5. The molecule has 1 spiro atoms.